The third kappa shape index (κ3) is 2.94. The summed E-state index contributed by atoms with van der Waals surface area (Å²) in [5.41, 5.74) is 6.86. The topological polar surface area (TPSA) is 95.6 Å². The Morgan fingerprint density at radius 1 is 1.29 bits per heavy atom. The second-order valence-electron chi connectivity index (χ2n) is 4.30. The zero-order valence-corrected chi connectivity index (χ0v) is 10.8. The molecule has 0 aliphatic heterocycles. The summed E-state index contributed by atoms with van der Waals surface area (Å²) in [6.45, 7) is 0. The number of aromatic amines is 1. The summed E-state index contributed by atoms with van der Waals surface area (Å²) in [5, 5.41) is 0. The van der Waals surface area contributed by atoms with Crippen LogP contribution in [0.25, 0.3) is 11.2 Å². The van der Waals surface area contributed by atoms with Gasteiger partial charge in [-0.3, -0.25) is 15.6 Å². The summed E-state index contributed by atoms with van der Waals surface area (Å²) >= 11 is 0. The molecule has 0 unspecified atom stereocenters. The highest BCUT2D eigenvalue weighted by Gasteiger charge is 2.08. The van der Waals surface area contributed by atoms with Gasteiger partial charge in [0.15, 0.2) is 11.5 Å². The summed E-state index contributed by atoms with van der Waals surface area (Å²) in [6, 6.07) is 5.89. The smallest absolute Gasteiger partial charge is 0.242 e. The fraction of sp³-hybridized carbons (Fsp3) is 0.0769. The molecule has 0 atom stereocenters. The number of imidazole rings is 1. The average molecular weight is 286 g/mol. The molecule has 3 rings (SSSR count). The maximum absolute atomic E-state index is 13.0. The number of halogens is 1. The van der Waals surface area contributed by atoms with Crippen molar-refractivity contribution < 1.29 is 9.18 Å². The second kappa shape index (κ2) is 5.53. The maximum atomic E-state index is 13.0. The molecule has 0 aliphatic carbocycles. The summed E-state index contributed by atoms with van der Waals surface area (Å²) in [5.74, 6) is -0.278. The van der Waals surface area contributed by atoms with Gasteiger partial charge in [-0.25, -0.2) is 19.3 Å². The number of hydrogen-bond acceptors (Lipinski definition) is 5. The van der Waals surface area contributed by atoms with E-state index in [0.29, 0.717) is 22.5 Å². The molecule has 0 saturated carbocycles. The van der Waals surface area contributed by atoms with Crippen LogP contribution in [0.5, 0.6) is 0 Å². The lowest BCUT2D eigenvalue weighted by Crippen LogP contribution is -2.31. The molecule has 3 N–H and O–H groups in total. The minimum atomic E-state index is -0.372. The quantitative estimate of drug-likeness (QED) is 0.626. The number of aromatic nitrogens is 4. The van der Waals surface area contributed by atoms with E-state index in [-0.39, 0.29) is 18.1 Å². The van der Waals surface area contributed by atoms with Crippen LogP contribution in [0.4, 0.5) is 10.2 Å². The van der Waals surface area contributed by atoms with Crippen LogP contribution in [0.2, 0.25) is 0 Å². The van der Waals surface area contributed by atoms with Gasteiger partial charge in [-0.2, -0.15) is 0 Å². The van der Waals surface area contributed by atoms with Crippen LogP contribution in [0.3, 0.4) is 0 Å². The molecule has 0 bridgehead atoms. The van der Waals surface area contributed by atoms with Gasteiger partial charge in [-0.1, -0.05) is 12.1 Å². The van der Waals surface area contributed by atoms with Crippen molar-refractivity contribution >= 4 is 22.9 Å². The SMILES string of the molecule is O=C(Cc1cccc(F)c1)NNc1ncnc2nc[nH]c12. The minimum absolute atomic E-state index is 0.0575. The summed E-state index contributed by atoms with van der Waals surface area (Å²) in [4.78, 5) is 26.6. The van der Waals surface area contributed by atoms with Crippen molar-refractivity contribution in [1.29, 1.82) is 0 Å². The maximum Gasteiger partial charge on any atom is 0.242 e. The molecule has 1 amide bonds. The lowest BCUT2D eigenvalue weighted by molar-refractivity contribution is -0.119. The highest BCUT2D eigenvalue weighted by atomic mass is 19.1. The van der Waals surface area contributed by atoms with Gasteiger partial charge in [0.05, 0.1) is 12.7 Å². The Morgan fingerprint density at radius 3 is 3.05 bits per heavy atom. The summed E-state index contributed by atoms with van der Waals surface area (Å²) < 4.78 is 13.0. The van der Waals surface area contributed by atoms with Gasteiger partial charge < -0.3 is 4.98 Å². The number of carbonyl (C=O) groups is 1. The molecule has 2 aromatic heterocycles. The van der Waals surface area contributed by atoms with Gasteiger partial charge in [0.25, 0.3) is 0 Å². The van der Waals surface area contributed by atoms with Crippen molar-refractivity contribution in [2.75, 3.05) is 5.43 Å². The number of nitrogens with one attached hydrogen (secondary N) is 3. The summed E-state index contributed by atoms with van der Waals surface area (Å²) in [7, 11) is 0. The first-order chi connectivity index (χ1) is 10.2. The van der Waals surface area contributed by atoms with E-state index in [9.17, 15) is 9.18 Å². The third-order valence-electron chi connectivity index (χ3n) is 2.80. The average Bonchev–Trinajstić information content (AvgIpc) is 2.94. The Hall–Kier alpha value is -3.03. The van der Waals surface area contributed by atoms with Gasteiger partial charge >= 0.3 is 0 Å². The Kier molecular flexibility index (Phi) is 3.42. The molecule has 0 fully saturated rings. The van der Waals surface area contributed by atoms with Crippen molar-refractivity contribution in [3.63, 3.8) is 0 Å². The molecule has 2 heterocycles. The molecule has 7 nitrogen and oxygen atoms in total. The monoisotopic (exact) mass is 286 g/mol. The minimum Gasteiger partial charge on any atom is -0.340 e. The lowest BCUT2D eigenvalue weighted by atomic mass is 10.1. The summed E-state index contributed by atoms with van der Waals surface area (Å²) in [6.07, 6.45) is 2.88. The van der Waals surface area contributed by atoms with Gasteiger partial charge in [0, 0.05) is 0 Å². The molecule has 0 spiro atoms. The number of amides is 1. The molecule has 0 radical (unpaired) electrons. The molecule has 1 aromatic carbocycles. The first kappa shape index (κ1) is 13.0. The van der Waals surface area contributed by atoms with E-state index in [1.807, 2.05) is 0 Å². The molecule has 3 aromatic rings. The number of nitrogens with zero attached hydrogens (tertiary/aromatic N) is 3. The van der Waals surface area contributed by atoms with Crippen LogP contribution in [0.15, 0.2) is 36.9 Å². The molecular formula is C13H11FN6O. The van der Waals surface area contributed by atoms with Crippen molar-refractivity contribution in [2.45, 2.75) is 6.42 Å². The zero-order chi connectivity index (χ0) is 14.7. The first-order valence-electron chi connectivity index (χ1n) is 6.16. The molecule has 106 valence electrons. The van der Waals surface area contributed by atoms with Crippen LogP contribution >= 0.6 is 0 Å². The number of hydrazine groups is 1. The van der Waals surface area contributed by atoms with Gasteiger partial charge in [-0.05, 0) is 17.7 Å². The fourth-order valence-electron chi connectivity index (χ4n) is 1.87. The highest BCUT2D eigenvalue weighted by Crippen LogP contribution is 2.13. The molecule has 21 heavy (non-hydrogen) atoms. The lowest BCUT2D eigenvalue weighted by Gasteiger charge is -2.08. The predicted octanol–water partition coefficient (Wildman–Crippen LogP) is 1.18. The van der Waals surface area contributed by atoms with Crippen molar-refractivity contribution in [3.05, 3.63) is 48.3 Å². The Labute approximate surface area is 118 Å². The fourth-order valence-corrected chi connectivity index (χ4v) is 1.87. The number of rotatable bonds is 4. The van der Waals surface area contributed by atoms with Crippen molar-refractivity contribution in [3.8, 4) is 0 Å². The van der Waals surface area contributed by atoms with Gasteiger partial charge in [0.2, 0.25) is 5.91 Å². The Morgan fingerprint density at radius 2 is 2.19 bits per heavy atom. The molecular weight excluding hydrogens is 275 g/mol. The number of carbonyl (C=O) groups excluding carboxylic acids is 1. The van der Waals surface area contributed by atoms with Crippen LogP contribution in [0, 0.1) is 5.82 Å². The predicted molar refractivity (Wildman–Crippen MR) is 73.6 cm³/mol. The normalized spacial score (nSPS) is 10.5. The van der Waals surface area contributed by atoms with E-state index in [4.69, 9.17) is 0 Å². The number of H-pyrrole nitrogens is 1. The van der Waals surface area contributed by atoms with E-state index >= 15 is 0 Å². The number of anilines is 1. The molecule has 0 aliphatic rings. The van der Waals surface area contributed by atoms with Gasteiger partial charge in [-0.15, -0.1) is 0 Å². The van der Waals surface area contributed by atoms with Crippen LogP contribution < -0.4 is 10.9 Å². The van der Waals surface area contributed by atoms with Crippen molar-refractivity contribution in [2.24, 2.45) is 0 Å². The highest BCUT2D eigenvalue weighted by molar-refractivity contribution is 5.85. The van der Waals surface area contributed by atoms with Crippen molar-refractivity contribution in [1.82, 2.24) is 25.4 Å². The number of benzene rings is 1. The first-order valence-corrected chi connectivity index (χ1v) is 6.16. The largest absolute Gasteiger partial charge is 0.340 e. The van der Waals surface area contributed by atoms with E-state index < -0.39 is 0 Å². The Balaban J connectivity index is 1.65. The van der Waals surface area contributed by atoms with E-state index in [0.717, 1.165) is 0 Å². The number of hydrogen-bond donors (Lipinski definition) is 3. The van der Waals surface area contributed by atoms with Crippen LogP contribution in [0.1, 0.15) is 5.56 Å². The molecule has 8 heteroatoms. The van der Waals surface area contributed by atoms with Gasteiger partial charge in [0.1, 0.15) is 17.7 Å². The van der Waals surface area contributed by atoms with E-state index in [2.05, 4.69) is 30.8 Å². The second-order valence-corrected chi connectivity index (χ2v) is 4.30. The van der Waals surface area contributed by atoms with Crippen LogP contribution in [-0.2, 0) is 11.2 Å². The third-order valence-corrected chi connectivity index (χ3v) is 2.80. The van der Waals surface area contributed by atoms with E-state index in [1.54, 1.807) is 12.1 Å². The van der Waals surface area contributed by atoms with E-state index in [1.165, 1.54) is 24.8 Å². The van der Waals surface area contributed by atoms with Crippen LogP contribution in [-0.4, -0.2) is 25.8 Å². The number of fused-ring (bicyclic) bond motifs is 1. The standard InChI is InChI=1S/C13H11FN6O/c14-9-3-1-2-8(4-9)5-10(21)19-20-13-11-12(16-6-15-11)17-7-18-13/h1-4,6-7H,5H2,(H,19,21)(H2,15,16,17,18,20). The zero-order valence-electron chi connectivity index (χ0n) is 10.8. The Bertz CT molecular complexity index is 787. The molecule has 0 saturated heterocycles.